The van der Waals surface area contributed by atoms with Crippen LogP contribution >= 0.6 is 0 Å². The third-order valence-corrected chi connectivity index (χ3v) is 7.90. The fourth-order valence-corrected chi connectivity index (χ4v) is 6.14. The molecule has 1 saturated heterocycles. The number of hydrogen-bond donors (Lipinski definition) is 1. The summed E-state index contributed by atoms with van der Waals surface area (Å²) in [7, 11) is 3.79. The zero-order chi connectivity index (χ0) is 22.7. The molecule has 6 heteroatoms. The number of fused-ring (bicyclic) bond motifs is 4. The van der Waals surface area contributed by atoms with Crippen molar-refractivity contribution in [2.24, 2.45) is 13.0 Å². The van der Waals surface area contributed by atoms with Gasteiger partial charge in [-0.25, -0.2) is 0 Å². The number of carbonyl (C=O) groups excluding carboxylic acids is 1. The first-order valence-electron chi connectivity index (χ1n) is 11.9. The van der Waals surface area contributed by atoms with Crippen LogP contribution in [0, 0.1) is 5.92 Å². The van der Waals surface area contributed by atoms with Gasteiger partial charge in [0, 0.05) is 61.4 Å². The number of ether oxygens (including phenoxy) is 1. The van der Waals surface area contributed by atoms with Crippen LogP contribution in [0.4, 0.5) is 0 Å². The number of benzene rings is 2. The van der Waals surface area contributed by atoms with Gasteiger partial charge in [0.15, 0.2) is 0 Å². The maximum atomic E-state index is 13.2. The van der Waals surface area contributed by atoms with E-state index in [1.165, 1.54) is 29.5 Å². The minimum atomic E-state index is -0.117. The summed E-state index contributed by atoms with van der Waals surface area (Å²) >= 11 is 0. The van der Waals surface area contributed by atoms with Crippen molar-refractivity contribution in [1.29, 1.82) is 0 Å². The van der Waals surface area contributed by atoms with Crippen LogP contribution in [0.5, 0.6) is 5.75 Å². The Kier molecular flexibility index (Phi) is 4.78. The first-order valence-corrected chi connectivity index (χ1v) is 11.9. The van der Waals surface area contributed by atoms with Gasteiger partial charge in [0.25, 0.3) is 5.91 Å². The average molecular weight is 446 g/mol. The monoisotopic (exact) mass is 445 g/mol. The smallest absolute Gasteiger partial charge is 0.253 e. The molecule has 3 heterocycles. The molecule has 1 spiro atoms. The number of aliphatic hydroxyl groups excluding tert-OH is 1. The van der Waals surface area contributed by atoms with Crippen molar-refractivity contribution in [3.05, 3.63) is 65.4 Å². The minimum Gasteiger partial charge on any atom is -0.497 e. The van der Waals surface area contributed by atoms with E-state index < -0.39 is 0 Å². The Labute approximate surface area is 194 Å². The van der Waals surface area contributed by atoms with Gasteiger partial charge in [0.2, 0.25) is 0 Å². The molecule has 3 aromatic rings. The maximum Gasteiger partial charge on any atom is 0.253 e. The molecular formula is C27H31N3O3. The largest absolute Gasteiger partial charge is 0.497 e. The predicted octanol–water partition coefficient (Wildman–Crippen LogP) is 3.34. The molecule has 3 aliphatic rings. The standard InChI is InChI=1S/C27H31N3O3/c1-28-22-12-20(33-2)10-11-21(22)24-25(28)23(14-31)29(13-18-8-9-18)15-27(24)16-30(17-27)26(32)19-6-4-3-5-7-19/h3-7,10-12,18,23,31H,8-9,13-17H2,1-2H3/t23-/m0/s1. The number of aromatic nitrogens is 1. The van der Waals surface area contributed by atoms with E-state index in [9.17, 15) is 9.90 Å². The van der Waals surface area contributed by atoms with Crippen molar-refractivity contribution < 1.29 is 14.6 Å². The van der Waals surface area contributed by atoms with E-state index in [4.69, 9.17) is 4.74 Å². The molecular weight excluding hydrogens is 414 g/mol. The lowest BCUT2D eigenvalue weighted by Crippen LogP contribution is -2.67. The summed E-state index contributed by atoms with van der Waals surface area (Å²) in [4.78, 5) is 17.6. The Morgan fingerprint density at radius 1 is 1.12 bits per heavy atom. The molecule has 2 fully saturated rings. The van der Waals surface area contributed by atoms with Crippen molar-refractivity contribution in [2.75, 3.05) is 39.9 Å². The molecule has 2 aromatic carbocycles. The second-order valence-corrected chi connectivity index (χ2v) is 10.1. The van der Waals surface area contributed by atoms with Crippen molar-refractivity contribution in [3.63, 3.8) is 0 Å². The van der Waals surface area contributed by atoms with Crippen molar-refractivity contribution in [1.82, 2.24) is 14.4 Å². The maximum absolute atomic E-state index is 13.2. The number of hydrogen-bond acceptors (Lipinski definition) is 4. The molecule has 1 N–H and O–H groups in total. The molecule has 0 radical (unpaired) electrons. The van der Waals surface area contributed by atoms with Gasteiger partial charge in [-0.15, -0.1) is 0 Å². The predicted molar refractivity (Wildman–Crippen MR) is 128 cm³/mol. The van der Waals surface area contributed by atoms with Crippen molar-refractivity contribution >= 4 is 16.8 Å². The van der Waals surface area contributed by atoms with Crippen LogP contribution in [0.2, 0.25) is 0 Å². The van der Waals surface area contributed by atoms with Gasteiger partial charge in [0.05, 0.1) is 25.3 Å². The van der Waals surface area contributed by atoms with E-state index >= 15 is 0 Å². The first-order chi connectivity index (χ1) is 16.0. The SMILES string of the molecule is COc1ccc2c3c(n(C)c2c1)[C@H](CO)N(CC1CC1)CC31CN(C(=O)c2ccccc2)C1. The quantitative estimate of drug-likeness (QED) is 0.655. The third kappa shape index (κ3) is 3.19. The molecule has 1 atom stereocenters. The summed E-state index contributed by atoms with van der Waals surface area (Å²) < 4.78 is 7.75. The van der Waals surface area contributed by atoms with Gasteiger partial charge in [0.1, 0.15) is 5.75 Å². The number of carbonyl (C=O) groups is 1. The first kappa shape index (κ1) is 20.8. The summed E-state index contributed by atoms with van der Waals surface area (Å²) in [6.45, 7) is 3.41. The van der Waals surface area contributed by atoms with E-state index in [0.717, 1.165) is 35.8 Å². The van der Waals surface area contributed by atoms with Crippen LogP contribution in [0.1, 0.15) is 40.5 Å². The highest BCUT2D eigenvalue weighted by Gasteiger charge is 2.54. The zero-order valence-electron chi connectivity index (χ0n) is 19.3. The molecule has 1 saturated carbocycles. The number of methoxy groups -OCH3 is 1. The van der Waals surface area contributed by atoms with Crippen LogP contribution in [0.25, 0.3) is 10.9 Å². The molecule has 1 aromatic heterocycles. The van der Waals surface area contributed by atoms with Crippen LogP contribution in [-0.4, -0.2) is 65.3 Å². The minimum absolute atomic E-state index is 0.0199. The average Bonchev–Trinajstić information content (AvgIpc) is 3.60. The summed E-state index contributed by atoms with van der Waals surface area (Å²) in [6, 6.07) is 15.8. The van der Waals surface area contributed by atoms with Crippen LogP contribution in [0.3, 0.4) is 0 Å². The van der Waals surface area contributed by atoms with Gasteiger partial charge in [-0.2, -0.15) is 0 Å². The fraction of sp³-hybridized carbons (Fsp3) is 0.444. The highest BCUT2D eigenvalue weighted by molar-refractivity contribution is 5.96. The van der Waals surface area contributed by atoms with E-state index in [2.05, 4.69) is 28.6 Å². The molecule has 1 aliphatic carbocycles. The number of likely N-dealkylation sites (tertiary alicyclic amines) is 1. The molecule has 172 valence electrons. The van der Waals surface area contributed by atoms with Crippen molar-refractivity contribution in [2.45, 2.75) is 24.3 Å². The fourth-order valence-electron chi connectivity index (χ4n) is 6.14. The molecule has 33 heavy (non-hydrogen) atoms. The van der Waals surface area contributed by atoms with Gasteiger partial charge in [-0.3, -0.25) is 9.69 Å². The summed E-state index contributed by atoms with van der Waals surface area (Å²) in [5, 5.41) is 11.7. The molecule has 1 amide bonds. The summed E-state index contributed by atoms with van der Waals surface area (Å²) in [5.74, 6) is 1.66. The Balaban J connectivity index is 1.44. The number of nitrogens with zero attached hydrogens (tertiary/aromatic N) is 3. The Hall–Kier alpha value is -2.83. The van der Waals surface area contributed by atoms with Crippen LogP contribution in [-0.2, 0) is 12.5 Å². The highest BCUT2D eigenvalue weighted by atomic mass is 16.5. The molecule has 6 rings (SSSR count). The number of aryl methyl sites for hydroxylation is 1. The number of amides is 1. The van der Waals surface area contributed by atoms with E-state index in [-0.39, 0.29) is 24.0 Å². The molecule has 6 nitrogen and oxygen atoms in total. The normalized spacial score (nSPS) is 21.8. The number of rotatable bonds is 5. The van der Waals surface area contributed by atoms with Gasteiger partial charge in [-0.05, 0) is 48.6 Å². The lowest BCUT2D eigenvalue weighted by atomic mass is 9.68. The Bertz CT molecular complexity index is 1210. The summed E-state index contributed by atoms with van der Waals surface area (Å²) in [5.41, 5.74) is 4.26. The second-order valence-electron chi connectivity index (χ2n) is 10.1. The lowest BCUT2D eigenvalue weighted by molar-refractivity contribution is -0.00222. The van der Waals surface area contributed by atoms with Gasteiger partial charge in [-0.1, -0.05) is 18.2 Å². The Morgan fingerprint density at radius 2 is 1.88 bits per heavy atom. The molecule has 0 unspecified atom stereocenters. The number of aliphatic hydroxyl groups is 1. The molecule has 2 aliphatic heterocycles. The van der Waals surface area contributed by atoms with Crippen LogP contribution < -0.4 is 4.74 Å². The van der Waals surface area contributed by atoms with E-state index in [0.29, 0.717) is 13.1 Å². The Morgan fingerprint density at radius 3 is 2.55 bits per heavy atom. The zero-order valence-corrected chi connectivity index (χ0v) is 19.3. The molecule has 0 bridgehead atoms. The lowest BCUT2D eigenvalue weighted by Gasteiger charge is -2.56. The topological polar surface area (TPSA) is 57.9 Å². The van der Waals surface area contributed by atoms with Crippen molar-refractivity contribution in [3.8, 4) is 5.75 Å². The van der Waals surface area contributed by atoms with E-state index in [1.807, 2.05) is 41.3 Å². The highest BCUT2D eigenvalue weighted by Crippen LogP contribution is 2.50. The van der Waals surface area contributed by atoms with Gasteiger partial charge >= 0.3 is 0 Å². The van der Waals surface area contributed by atoms with Gasteiger partial charge < -0.3 is 19.3 Å². The van der Waals surface area contributed by atoms with E-state index in [1.54, 1.807) is 7.11 Å². The van der Waals surface area contributed by atoms with Crippen LogP contribution in [0.15, 0.2) is 48.5 Å². The third-order valence-electron chi connectivity index (χ3n) is 7.90. The summed E-state index contributed by atoms with van der Waals surface area (Å²) in [6.07, 6.45) is 2.55. The second kappa shape index (κ2) is 7.61.